The predicted octanol–water partition coefficient (Wildman–Crippen LogP) is 6.61. The Bertz CT molecular complexity index is 1170. The molecule has 172 valence electrons. The summed E-state index contributed by atoms with van der Waals surface area (Å²) in [6.07, 6.45) is 1.96. The number of unbranched alkanes of at least 4 members (excludes halogenated alkanes) is 1. The van der Waals surface area contributed by atoms with Crippen molar-refractivity contribution in [2.75, 3.05) is 13.7 Å². The van der Waals surface area contributed by atoms with E-state index in [2.05, 4.69) is 54.8 Å². The Morgan fingerprint density at radius 1 is 0.818 bits per heavy atom. The highest BCUT2D eigenvalue weighted by Crippen LogP contribution is 2.22. The molecule has 33 heavy (non-hydrogen) atoms. The Kier molecular flexibility index (Phi) is 7.51. The lowest BCUT2D eigenvalue weighted by molar-refractivity contribution is 0.283. The molecular formula is C28H32N2O3. The Morgan fingerprint density at radius 2 is 1.61 bits per heavy atom. The molecule has 0 aliphatic carbocycles. The largest absolute Gasteiger partial charge is 0.497 e. The van der Waals surface area contributed by atoms with Crippen molar-refractivity contribution in [1.82, 2.24) is 9.55 Å². The molecule has 4 aromatic rings. The summed E-state index contributed by atoms with van der Waals surface area (Å²) in [4.78, 5) is 4.81. The van der Waals surface area contributed by atoms with E-state index in [4.69, 9.17) is 19.2 Å². The van der Waals surface area contributed by atoms with Crippen molar-refractivity contribution in [3.05, 3.63) is 84.2 Å². The van der Waals surface area contributed by atoms with Crippen molar-refractivity contribution >= 4 is 11.0 Å². The van der Waals surface area contributed by atoms with Gasteiger partial charge in [-0.05, 0) is 60.7 Å². The first-order chi connectivity index (χ1) is 16.1. The van der Waals surface area contributed by atoms with E-state index >= 15 is 0 Å². The molecule has 0 fully saturated rings. The predicted molar refractivity (Wildman–Crippen MR) is 132 cm³/mol. The van der Waals surface area contributed by atoms with Crippen LogP contribution in [0, 0.1) is 0 Å². The van der Waals surface area contributed by atoms with Gasteiger partial charge in [-0.3, -0.25) is 0 Å². The van der Waals surface area contributed by atoms with Gasteiger partial charge in [0.1, 0.15) is 29.7 Å². The highest BCUT2D eigenvalue weighted by Gasteiger charge is 2.11. The summed E-state index contributed by atoms with van der Waals surface area (Å²) in [6.45, 7) is 6.37. The smallest absolute Gasteiger partial charge is 0.147 e. The molecule has 5 heteroatoms. The number of aryl methyl sites for hydroxylation is 1. The molecule has 0 spiro atoms. The van der Waals surface area contributed by atoms with Crippen LogP contribution in [0.25, 0.3) is 11.0 Å². The van der Waals surface area contributed by atoms with Crippen molar-refractivity contribution in [2.45, 2.75) is 45.8 Å². The molecular weight excluding hydrogens is 412 g/mol. The number of methoxy groups -OCH3 is 1. The van der Waals surface area contributed by atoms with Crippen LogP contribution < -0.4 is 14.2 Å². The summed E-state index contributed by atoms with van der Waals surface area (Å²) in [5.74, 6) is 3.93. The number of para-hydroxylation sites is 2. The molecule has 0 radical (unpaired) electrons. The summed E-state index contributed by atoms with van der Waals surface area (Å²) >= 11 is 0. The average molecular weight is 445 g/mol. The van der Waals surface area contributed by atoms with Crippen molar-refractivity contribution in [3.8, 4) is 17.2 Å². The van der Waals surface area contributed by atoms with Crippen LogP contribution in [0.3, 0.4) is 0 Å². The maximum atomic E-state index is 6.03. The minimum Gasteiger partial charge on any atom is -0.497 e. The second-order valence-electron chi connectivity index (χ2n) is 8.42. The fraction of sp³-hybridized carbons (Fsp3) is 0.321. The molecule has 1 heterocycles. The van der Waals surface area contributed by atoms with Gasteiger partial charge in [0.2, 0.25) is 0 Å². The van der Waals surface area contributed by atoms with Crippen molar-refractivity contribution in [2.24, 2.45) is 0 Å². The van der Waals surface area contributed by atoms with Crippen molar-refractivity contribution in [3.63, 3.8) is 0 Å². The molecule has 0 N–H and O–H groups in total. The third-order valence-electron chi connectivity index (χ3n) is 5.73. The Hall–Kier alpha value is -3.47. The first kappa shape index (κ1) is 22.7. The molecule has 0 saturated heterocycles. The summed E-state index contributed by atoms with van der Waals surface area (Å²) in [5.41, 5.74) is 3.45. The Morgan fingerprint density at radius 3 is 2.39 bits per heavy atom. The standard InChI is InChI=1S/C28H32N2O3/c1-21(2)22-13-15-23(16-14-22)32-18-7-6-17-30-27-12-5-4-11-26(27)29-28(30)20-33-25-10-8-9-24(19-25)31-3/h4-5,8-16,19,21H,6-7,17-18,20H2,1-3H3. The normalized spacial score (nSPS) is 11.2. The molecule has 0 atom stereocenters. The zero-order valence-electron chi connectivity index (χ0n) is 19.7. The van der Waals surface area contributed by atoms with Crippen LogP contribution in [0.5, 0.6) is 17.2 Å². The maximum absolute atomic E-state index is 6.03. The van der Waals surface area contributed by atoms with E-state index in [1.807, 2.05) is 36.4 Å². The topological polar surface area (TPSA) is 45.5 Å². The Labute approximate surface area is 195 Å². The van der Waals surface area contributed by atoms with Crippen LogP contribution in [0.15, 0.2) is 72.8 Å². The second kappa shape index (κ2) is 10.9. The van der Waals surface area contributed by atoms with Gasteiger partial charge in [0.25, 0.3) is 0 Å². The summed E-state index contributed by atoms with van der Waals surface area (Å²) in [7, 11) is 1.66. The van der Waals surface area contributed by atoms with Gasteiger partial charge >= 0.3 is 0 Å². The molecule has 0 aliphatic rings. The molecule has 0 unspecified atom stereocenters. The number of fused-ring (bicyclic) bond motifs is 1. The lowest BCUT2D eigenvalue weighted by Crippen LogP contribution is -2.09. The van der Waals surface area contributed by atoms with Crippen LogP contribution in [0.4, 0.5) is 0 Å². The van der Waals surface area contributed by atoms with E-state index < -0.39 is 0 Å². The third-order valence-corrected chi connectivity index (χ3v) is 5.73. The number of nitrogens with zero attached hydrogens (tertiary/aromatic N) is 2. The van der Waals surface area contributed by atoms with E-state index in [1.54, 1.807) is 7.11 Å². The maximum Gasteiger partial charge on any atom is 0.147 e. The molecule has 0 amide bonds. The van der Waals surface area contributed by atoms with Crippen LogP contribution in [0.1, 0.15) is 44.0 Å². The number of imidazole rings is 1. The highest BCUT2D eigenvalue weighted by atomic mass is 16.5. The fourth-order valence-electron chi connectivity index (χ4n) is 3.83. The minimum absolute atomic E-state index is 0.403. The SMILES string of the molecule is COc1cccc(OCc2nc3ccccc3n2CCCCOc2ccc(C(C)C)cc2)c1. The monoisotopic (exact) mass is 444 g/mol. The first-order valence-electron chi connectivity index (χ1n) is 11.6. The zero-order chi connectivity index (χ0) is 23.0. The molecule has 0 aliphatic heterocycles. The van der Waals surface area contributed by atoms with Gasteiger partial charge in [-0.25, -0.2) is 4.98 Å². The van der Waals surface area contributed by atoms with Crippen LogP contribution in [-0.2, 0) is 13.2 Å². The number of rotatable bonds is 11. The van der Waals surface area contributed by atoms with Crippen LogP contribution >= 0.6 is 0 Å². The van der Waals surface area contributed by atoms with Crippen LogP contribution in [-0.4, -0.2) is 23.3 Å². The molecule has 0 saturated carbocycles. The lowest BCUT2D eigenvalue weighted by Gasteiger charge is -2.12. The summed E-state index contributed by atoms with van der Waals surface area (Å²) in [5, 5.41) is 0. The van der Waals surface area contributed by atoms with Gasteiger partial charge in [0, 0.05) is 12.6 Å². The summed E-state index contributed by atoms with van der Waals surface area (Å²) < 4.78 is 19.5. The van der Waals surface area contributed by atoms with Gasteiger partial charge in [0.05, 0.1) is 24.8 Å². The van der Waals surface area contributed by atoms with Gasteiger partial charge < -0.3 is 18.8 Å². The molecule has 5 nitrogen and oxygen atoms in total. The zero-order valence-corrected chi connectivity index (χ0v) is 19.7. The van der Waals surface area contributed by atoms with E-state index in [0.717, 1.165) is 53.5 Å². The van der Waals surface area contributed by atoms with E-state index in [0.29, 0.717) is 19.1 Å². The van der Waals surface area contributed by atoms with E-state index in [-0.39, 0.29) is 0 Å². The number of hydrogen-bond donors (Lipinski definition) is 0. The number of hydrogen-bond acceptors (Lipinski definition) is 4. The fourth-order valence-corrected chi connectivity index (χ4v) is 3.83. The Balaban J connectivity index is 1.35. The van der Waals surface area contributed by atoms with Crippen LogP contribution in [0.2, 0.25) is 0 Å². The van der Waals surface area contributed by atoms with Gasteiger partial charge in [-0.15, -0.1) is 0 Å². The first-order valence-corrected chi connectivity index (χ1v) is 11.6. The second-order valence-corrected chi connectivity index (χ2v) is 8.42. The highest BCUT2D eigenvalue weighted by molar-refractivity contribution is 5.75. The van der Waals surface area contributed by atoms with Gasteiger partial charge in [-0.2, -0.15) is 0 Å². The third kappa shape index (κ3) is 5.86. The van der Waals surface area contributed by atoms with Crippen molar-refractivity contribution in [1.29, 1.82) is 0 Å². The quantitative estimate of drug-likeness (QED) is 0.244. The molecule has 4 rings (SSSR count). The van der Waals surface area contributed by atoms with Gasteiger partial charge in [0.15, 0.2) is 0 Å². The average Bonchev–Trinajstić information content (AvgIpc) is 3.20. The molecule has 3 aromatic carbocycles. The van der Waals surface area contributed by atoms with E-state index in [1.165, 1.54) is 5.56 Å². The molecule has 0 bridgehead atoms. The lowest BCUT2D eigenvalue weighted by atomic mass is 10.0. The molecule has 1 aromatic heterocycles. The van der Waals surface area contributed by atoms with Gasteiger partial charge in [-0.1, -0.05) is 44.2 Å². The van der Waals surface area contributed by atoms with Crippen molar-refractivity contribution < 1.29 is 14.2 Å². The number of aromatic nitrogens is 2. The number of benzene rings is 3. The summed E-state index contributed by atoms with van der Waals surface area (Å²) in [6, 6.07) is 24.3. The number of ether oxygens (including phenoxy) is 3. The minimum atomic E-state index is 0.403. The van der Waals surface area contributed by atoms with E-state index in [9.17, 15) is 0 Å².